The van der Waals surface area contributed by atoms with Gasteiger partial charge in [0.25, 0.3) is 5.91 Å². The zero-order chi connectivity index (χ0) is 17.1. The molecule has 0 unspecified atom stereocenters. The molecule has 1 aromatic heterocycles. The van der Waals surface area contributed by atoms with Crippen LogP contribution in [0.3, 0.4) is 0 Å². The van der Waals surface area contributed by atoms with Gasteiger partial charge in [0.2, 0.25) is 0 Å². The maximum atomic E-state index is 12.5. The first-order valence-corrected chi connectivity index (χ1v) is 8.08. The molecule has 4 nitrogen and oxygen atoms in total. The number of carbonyl (C=O) groups is 1. The minimum absolute atomic E-state index is 0.00658. The van der Waals surface area contributed by atoms with E-state index in [1.165, 1.54) is 10.2 Å². The van der Waals surface area contributed by atoms with E-state index in [-0.39, 0.29) is 12.5 Å². The lowest BCUT2D eigenvalue weighted by molar-refractivity contribution is 0.0817. The van der Waals surface area contributed by atoms with Crippen LogP contribution in [0.4, 0.5) is 0 Å². The van der Waals surface area contributed by atoms with Crippen LogP contribution >= 0.6 is 0 Å². The SMILES string of the molecule is Cc1cccc(OCC(=O)n2nc(C)c(CC(C)C)c2C)c1C. The van der Waals surface area contributed by atoms with Crippen molar-refractivity contribution in [3.8, 4) is 5.75 Å². The third kappa shape index (κ3) is 3.81. The Morgan fingerprint density at radius 3 is 2.57 bits per heavy atom. The van der Waals surface area contributed by atoms with Crippen LogP contribution in [0.15, 0.2) is 18.2 Å². The van der Waals surface area contributed by atoms with Crippen LogP contribution in [-0.2, 0) is 6.42 Å². The number of benzene rings is 1. The standard InChI is InChI=1S/C19H26N2O2/c1-12(2)10-17-15(5)20-21(16(17)6)19(22)11-23-18-9-7-8-13(3)14(18)4/h7-9,12H,10-11H2,1-6H3. The van der Waals surface area contributed by atoms with Gasteiger partial charge < -0.3 is 4.74 Å². The summed E-state index contributed by atoms with van der Waals surface area (Å²) < 4.78 is 7.19. The zero-order valence-corrected chi connectivity index (χ0v) is 14.9. The second-order valence-corrected chi connectivity index (χ2v) is 6.54. The fraction of sp³-hybridized carbons (Fsp3) is 0.474. The summed E-state index contributed by atoms with van der Waals surface area (Å²) >= 11 is 0. The number of rotatable bonds is 5. The molecule has 0 N–H and O–H groups in total. The van der Waals surface area contributed by atoms with Crippen LogP contribution in [0, 0.1) is 33.6 Å². The minimum Gasteiger partial charge on any atom is -0.483 e. The van der Waals surface area contributed by atoms with Crippen molar-refractivity contribution in [2.24, 2.45) is 5.92 Å². The lowest BCUT2D eigenvalue weighted by atomic mass is 10.0. The number of carbonyl (C=O) groups excluding carboxylic acids is 1. The highest BCUT2D eigenvalue weighted by Gasteiger charge is 2.18. The molecule has 0 spiro atoms. The number of aromatic nitrogens is 2. The summed E-state index contributed by atoms with van der Waals surface area (Å²) in [7, 11) is 0. The molecule has 0 atom stereocenters. The molecule has 0 radical (unpaired) electrons. The quantitative estimate of drug-likeness (QED) is 0.837. The monoisotopic (exact) mass is 314 g/mol. The highest BCUT2D eigenvalue weighted by Crippen LogP contribution is 2.21. The lowest BCUT2D eigenvalue weighted by Gasteiger charge is -2.11. The van der Waals surface area contributed by atoms with Gasteiger partial charge in [-0.3, -0.25) is 4.79 Å². The Balaban J connectivity index is 2.14. The van der Waals surface area contributed by atoms with Crippen molar-refractivity contribution in [2.45, 2.75) is 48.0 Å². The molecule has 0 bridgehead atoms. The summed E-state index contributed by atoms with van der Waals surface area (Å²) in [6.45, 7) is 12.3. The number of hydrogen-bond acceptors (Lipinski definition) is 3. The first-order valence-electron chi connectivity index (χ1n) is 8.08. The number of ether oxygens (including phenoxy) is 1. The highest BCUT2D eigenvalue weighted by atomic mass is 16.5. The van der Waals surface area contributed by atoms with Gasteiger partial charge in [0.1, 0.15) is 5.75 Å². The predicted molar refractivity (Wildman–Crippen MR) is 92.3 cm³/mol. The molecule has 0 saturated heterocycles. The van der Waals surface area contributed by atoms with Gasteiger partial charge in [-0.1, -0.05) is 26.0 Å². The lowest BCUT2D eigenvalue weighted by Crippen LogP contribution is -2.22. The van der Waals surface area contributed by atoms with Crippen molar-refractivity contribution in [1.82, 2.24) is 9.78 Å². The summed E-state index contributed by atoms with van der Waals surface area (Å²) in [5, 5.41) is 4.40. The minimum atomic E-state index is -0.137. The molecule has 0 amide bonds. The third-order valence-electron chi connectivity index (χ3n) is 4.20. The molecule has 23 heavy (non-hydrogen) atoms. The third-order valence-corrected chi connectivity index (χ3v) is 4.20. The first kappa shape index (κ1) is 17.3. The van der Waals surface area contributed by atoms with Gasteiger partial charge in [0, 0.05) is 5.69 Å². The van der Waals surface area contributed by atoms with E-state index in [1.54, 1.807) is 0 Å². The molecule has 2 aromatic rings. The Morgan fingerprint density at radius 1 is 1.22 bits per heavy atom. The number of nitrogens with zero attached hydrogens (tertiary/aromatic N) is 2. The largest absolute Gasteiger partial charge is 0.483 e. The van der Waals surface area contributed by atoms with Gasteiger partial charge in [-0.15, -0.1) is 0 Å². The van der Waals surface area contributed by atoms with Crippen LogP contribution in [0.1, 0.15) is 46.7 Å². The number of hydrogen-bond donors (Lipinski definition) is 0. The van der Waals surface area contributed by atoms with Crippen molar-refractivity contribution in [1.29, 1.82) is 0 Å². The van der Waals surface area contributed by atoms with Crippen LogP contribution in [0.2, 0.25) is 0 Å². The summed E-state index contributed by atoms with van der Waals surface area (Å²) in [6.07, 6.45) is 0.933. The van der Waals surface area contributed by atoms with Crippen molar-refractivity contribution in [2.75, 3.05) is 6.61 Å². The first-order chi connectivity index (χ1) is 10.8. The van der Waals surface area contributed by atoms with Gasteiger partial charge >= 0.3 is 0 Å². The van der Waals surface area contributed by atoms with E-state index in [4.69, 9.17) is 4.74 Å². The Kier molecular flexibility index (Phi) is 5.24. The van der Waals surface area contributed by atoms with E-state index in [0.29, 0.717) is 5.92 Å². The summed E-state index contributed by atoms with van der Waals surface area (Å²) in [5.74, 6) is 1.15. The van der Waals surface area contributed by atoms with Crippen molar-refractivity contribution >= 4 is 5.91 Å². The normalized spacial score (nSPS) is 11.1. The van der Waals surface area contributed by atoms with Crippen molar-refractivity contribution < 1.29 is 9.53 Å². The smallest absolute Gasteiger partial charge is 0.284 e. The number of aryl methyl sites for hydroxylation is 2. The second-order valence-electron chi connectivity index (χ2n) is 6.54. The summed E-state index contributed by atoms with van der Waals surface area (Å²) in [6, 6.07) is 5.86. The predicted octanol–water partition coefficient (Wildman–Crippen LogP) is 4.03. The molecule has 124 valence electrons. The van der Waals surface area contributed by atoms with Crippen LogP contribution < -0.4 is 4.74 Å². The van der Waals surface area contributed by atoms with Crippen LogP contribution in [-0.4, -0.2) is 22.3 Å². The molecular weight excluding hydrogens is 288 g/mol. The fourth-order valence-electron chi connectivity index (χ4n) is 2.70. The van der Waals surface area contributed by atoms with Gasteiger partial charge in [-0.2, -0.15) is 5.10 Å². The van der Waals surface area contributed by atoms with E-state index in [9.17, 15) is 4.79 Å². The van der Waals surface area contributed by atoms with E-state index in [0.717, 1.165) is 34.7 Å². The Hall–Kier alpha value is -2.10. The zero-order valence-electron chi connectivity index (χ0n) is 14.9. The molecule has 0 aliphatic carbocycles. The molecule has 4 heteroatoms. The molecule has 1 heterocycles. The fourth-order valence-corrected chi connectivity index (χ4v) is 2.70. The molecule has 0 saturated carbocycles. The Bertz CT molecular complexity index is 714. The van der Waals surface area contributed by atoms with Gasteiger partial charge in [0.05, 0.1) is 5.69 Å². The highest BCUT2D eigenvalue weighted by molar-refractivity contribution is 5.80. The average Bonchev–Trinajstić information content (AvgIpc) is 2.76. The van der Waals surface area contributed by atoms with E-state index < -0.39 is 0 Å². The van der Waals surface area contributed by atoms with E-state index in [2.05, 4.69) is 18.9 Å². The second kappa shape index (κ2) is 6.99. The van der Waals surface area contributed by atoms with Gasteiger partial charge in [-0.05, 0) is 62.8 Å². The summed E-state index contributed by atoms with van der Waals surface area (Å²) in [4.78, 5) is 12.5. The van der Waals surface area contributed by atoms with Crippen LogP contribution in [0.25, 0.3) is 0 Å². The van der Waals surface area contributed by atoms with Crippen molar-refractivity contribution in [3.05, 3.63) is 46.3 Å². The topological polar surface area (TPSA) is 44.1 Å². The molecule has 2 rings (SSSR count). The van der Waals surface area contributed by atoms with Crippen molar-refractivity contribution in [3.63, 3.8) is 0 Å². The Morgan fingerprint density at radius 2 is 1.91 bits per heavy atom. The average molecular weight is 314 g/mol. The Labute approximate surface area is 138 Å². The molecule has 0 aliphatic rings. The molecule has 0 aliphatic heterocycles. The maximum absolute atomic E-state index is 12.5. The molecule has 1 aromatic carbocycles. The van der Waals surface area contributed by atoms with E-state index >= 15 is 0 Å². The molecular formula is C19H26N2O2. The molecule has 0 fully saturated rings. The van der Waals surface area contributed by atoms with Gasteiger partial charge in [-0.25, -0.2) is 4.68 Å². The van der Waals surface area contributed by atoms with Gasteiger partial charge in [0.15, 0.2) is 6.61 Å². The van der Waals surface area contributed by atoms with E-state index in [1.807, 2.05) is 45.9 Å². The maximum Gasteiger partial charge on any atom is 0.284 e. The summed E-state index contributed by atoms with van der Waals surface area (Å²) in [5.41, 5.74) is 5.23. The van der Waals surface area contributed by atoms with Crippen LogP contribution in [0.5, 0.6) is 5.75 Å².